The minimum Gasteiger partial charge on any atom is -0.456 e. The second kappa shape index (κ2) is 11.9. The van der Waals surface area contributed by atoms with Crippen LogP contribution >= 0.6 is 0 Å². The Kier molecular flexibility index (Phi) is 6.78. The van der Waals surface area contributed by atoms with Crippen molar-refractivity contribution in [3.63, 3.8) is 0 Å². The molecule has 51 heavy (non-hydrogen) atoms. The Hall–Kier alpha value is -6.91. The van der Waals surface area contributed by atoms with Gasteiger partial charge in [-0.2, -0.15) is 0 Å². The van der Waals surface area contributed by atoms with Crippen LogP contribution in [0.3, 0.4) is 0 Å². The summed E-state index contributed by atoms with van der Waals surface area (Å²) < 4.78 is 6.53. The van der Waals surface area contributed by atoms with Gasteiger partial charge >= 0.3 is 0 Å². The molecule has 0 N–H and O–H groups in total. The lowest BCUT2D eigenvalue weighted by Gasteiger charge is -2.12. The summed E-state index contributed by atoms with van der Waals surface area (Å²) in [5, 5.41) is 6.76. The number of aromatic nitrogens is 3. The largest absolute Gasteiger partial charge is 0.456 e. The Morgan fingerprint density at radius 2 is 0.902 bits per heavy atom. The summed E-state index contributed by atoms with van der Waals surface area (Å²) in [6.45, 7) is 0. The number of fused-ring (bicyclic) bond motifs is 6. The summed E-state index contributed by atoms with van der Waals surface area (Å²) in [6, 6.07) is 61.0. The van der Waals surface area contributed by atoms with Gasteiger partial charge in [-0.25, -0.2) is 15.0 Å². The lowest BCUT2D eigenvalue weighted by atomic mass is 9.96. The van der Waals surface area contributed by atoms with E-state index in [-0.39, 0.29) is 0 Å². The van der Waals surface area contributed by atoms with Crippen molar-refractivity contribution in [3.05, 3.63) is 176 Å². The summed E-state index contributed by atoms with van der Waals surface area (Å²) in [4.78, 5) is 15.3. The fourth-order valence-electron chi connectivity index (χ4n) is 7.26. The molecule has 0 bridgehead atoms. The number of furan rings is 1. The lowest BCUT2D eigenvalue weighted by Crippen LogP contribution is -2.00. The Morgan fingerprint density at radius 3 is 1.69 bits per heavy atom. The van der Waals surface area contributed by atoms with E-state index < -0.39 is 0 Å². The van der Waals surface area contributed by atoms with Gasteiger partial charge in [-0.1, -0.05) is 152 Å². The van der Waals surface area contributed by atoms with Crippen molar-refractivity contribution in [2.45, 2.75) is 0 Å². The van der Waals surface area contributed by atoms with Crippen molar-refractivity contribution < 1.29 is 4.42 Å². The van der Waals surface area contributed by atoms with Gasteiger partial charge in [0.2, 0.25) is 0 Å². The molecule has 0 unspecified atom stereocenters. The van der Waals surface area contributed by atoms with Gasteiger partial charge in [0, 0.05) is 27.5 Å². The molecule has 2 heterocycles. The summed E-state index contributed by atoms with van der Waals surface area (Å²) in [6.07, 6.45) is 0. The van der Waals surface area contributed by atoms with Crippen LogP contribution in [0.1, 0.15) is 0 Å². The topological polar surface area (TPSA) is 51.8 Å². The summed E-state index contributed by atoms with van der Waals surface area (Å²) in [5.41, 5.74) is 9.07. The van der Waals surface area contributed by atoms with Gasteiger partial charge in [-0.3, -0.25) is 0 Å². The fourth-order valence-corrected chi connectivity index (χ4v) is 7.26. The Bertz CT molecular complexity index is 2900. The fraction of sp³-hybridized carbons (Fsp3) is 0. The minimum atomic E-state index is 0.593. The molecule has 0 spiro atoms. The minimum absolute atomic E-state index is 0.593. The molecule has 238 valence electrons. The van der Waals surface area contributed by atoms with E-state index in [4.69, 9.17) is 19.4 Å². The van der Waals surface area contributed by atoms with Gasteiger partial charge < -0.3 is 4.42 Å². The highest BCUT2D eigenvalue weighted by atomic mass is 16.3. The van der Waals surface area contributed by atoms with Crippen LogP contribution in [0.2, 0.25) is 0 Å². The quantitative estimate of drug-likeness (QED) is 0.174. The van der Waals surface area contributed by atoms with Gasteiger partial charge in [0.1, 0.15) is 11.2 Å². The van der Waals surface area contributed by atoms with E-state index in [9.17, 15) is 0 Å². The van der Waals surface area contributed by atoms with Crippen molar-refractivity contribution >= 4 is 43.5 Å². The van der Waals surface area contributed by atoms with Gasteiger partial charge in [0.05, 0.1) is 0 Å². The van der Waals surface area contributed by atoms with Gasteiger partial charge in [-0.15, -0.1) is 0 Å². The number of rotatable bonds is 5. The Morgan fingerprint density at radius 1 is 0.314 bits per heavy atom. The van der Waals surface area contributed by atoms with E-state index in [0.717, 1.165) is 60.5 Å². The van der Waals surface area contributed by atoms with E-state index >= 15 is 0 Å². The molecule has 4 nitrogen and oxygen atoms in total. The average molecular weight is 652 g/mol. The molecule has 10 rings (SSSR count). The number of hydrogen-bond donors (Lipinski definition) is 0. The lowest BCUT2D eigenvalue weighted by molar-refractivity contribution is 0.669. The molecule has 0 aliphatic rings. The van der Waals surface area contributed by atoms with E-state index in [1.165, 1.54) is 21.9 Å². The van der Waals surface area contributed by atoms with Gasteiger partial charge in [-0.05, 0) is 68.1 Å². The predicted molar refractivity (Wildman–Crippen MR) is 209 cm³/mol. The molecule has 0 amide bonds. The highest BCUT2D eigenvalue weighted by Crippen LogP contribution is 2.39. The smallest absolute Gasteiger partial charge is 0.164 e. The molecule has 10 aromatic rings. The zero-order valence-corrected chi connectivity index (χ0v) is 27.5. The Balaban J connectivity index is 1.13. The maximum atomic E-state index is 6.53. The molecule has 0 aliphatic heterocycles. The van der Waals surface area contributed by atoms with Crippen molar-refractivity contribution in [2.75, 3.05) is 0 Å². The van der Waals surface area contributed by atoms with Crippen molar-refractivity contribution in [2.24, 2.45) is 0 Å². The summed E-state index contributed by atoms with van der Waals surface area (Å²) in [7, 11) is 0. The van der Waals surface area contributed by atoms with Crippen LogP contribution in [-0.2, 0) is 0 Å². The van der Waals surface area contributed by atoms with Crippen LogP contribution in [0.5, 0.6) is 0 Å². The first-order valence-corrected chi connectivity index (χ1v) is 17.1. The average Bonchev–Trinajstić information content (AvgIpc) is 3.59. The van der Waals surface area contributed by atoms with Crippen molar-refractivity contribution in [3.8, 4) is 56.4 Å². The van der Waals surface area contributed by atoms with Crippen LogP contribution < -0.4 is 0 Å². The van der Waals surface area contributed by atoms with Crippen molar-refractivity contribution in [1.82, 2.24) is 15.0 Å². The molecule has 0 radical (unpaired) electrons. The molecule has 8 aromatic carbocycles. The zero-order valence-electron chi connectivity index (χ0n) is 27.5. The maximum absolute atomic E-state index is 6.53. The van der Waals surface area contributed by atoms with E-state index in [0.29, 0.717) is 17.5 Å². The third-order valence-electron chi connectivity index (χ3n) is 9.73. The highest BCUT2D eigenvalue weighted by molar-refractivity contribution is 6.14. The third kappa shape index (κ3) is 5.04. The maximum Gasteiger partial charge on any atom is 0.164 e. The Labute approximate surface area is 294 Å². The van der Waals surface area contributed by atoms with E-state index in [1.54, 1.807) is 0 Å². The van der Waals surface area contributed by atoms with Crippen LogP contribution in [0.25, 0.3) is 99.9 Å². The van der Waals surface area contributed by atoms with Crippen LogP contribution in [0, 0.1) is 0 Å². The zero-order chi connectivity index (χ0) is 33.7. The first kappa shape index (κ1) is 29.0. The van der Waals surface area contributed by atoms with Crippen LogP contribution in [0.15, 0.2) is 180 Å². The van der Waals surface area contributed by atoms with Gasteiger partial charge in [0.15, 0.2) is 17.5 Å². The second-order valence-corrected chi connectivity index (χ2v) is 12.8. The third-order valence-corrected chi connectivity index (χ3v) is 9.73. The van der Waals surface area contributed by atoms with Crippen LogP contribution in [-0.4, -0.2) is 15.0 Å². The SMILES string of the molecule is c1ccc(-c2ccc(-c3cccc4oc5cc(-c6nc(-c7ccccc7)nc(-c7cc8ccccc8c8ccccc78)n6)ccc5c34)cc2)cc1. The van der Waals surface area contributed by atoms with Crippen LogP contribution in [0.4, 0.5) is 0 Å². The highest BCUT2D eigenvalue weighted by Gasteiger charge is 2.18. The van der Waals surface area contributed by atoms with E-state index in [1.807, 2.05) is 42.5 Å². The molecule has 2 aromatic heterocycles. The standard InChI is InChI=1S/C47H29N3O/c1-3-12-30(13-4-1)31-22-24-32(25-23-31)37-20-11-21-42-44(37)40-27-26-35(29-43(40)51-42)46-48-45(33-14-5-2-6-15-33)49-47(50-46)41-28-34-16-7-8-17-36(34)38-18-9-10-19-39(38)41/h1-29H. The number of benzene rings is 8. The summed E-state index contributed by atoms with van der Waals surface area (Å²) >= 11 is 0. The molecule has 0 atom stereocenters. The first-order valence-electron chi connectivity index (χ1n) is 17.1. The molecule has 0 aliphatic carbocycles. The molecular weight excluding hydrogens is 623 g/mol. The molecule has 0 fully saturated rings. The molecule has 0 saturated carbocycles. The van der Waals surface area contributed by atoms with Gasteiger partial charge in [0.25, 0.3) is 0 Å². The normalized spacial score (nSPS) is 11.5. The molecule has 4 heteroatoms. The predicted octanol–water partition coefficient (Wildman–Crippen LogP) is 12.4. The number of nitrogens with zero attached hydrogens (tertiary/aromatic N) is 3. The van der Waals surface area contributed by atoms with E-state index in [2.05, 4.69) is 133 Å². The monoisotopic (exact) mass is 651 g/mol. The first-order chi connectivity index (χ1) is 25.3. The second-order valence-electron chi connectivity index (χ2n) is 12.8. The summed E-state index contributed by atoms with van der Waals surface area (Å²) in [5.74, 6) is 1.85. The molecular formula is C47H29N3O. The molecule has 0 saturated heterocycles. The van der Waals surface area contributed by atoms with Crippen molar-refractivity contribution in [1.29, 1.82) is 0 Å². The number of hydrogen-bond acceptors (Lipinski definition) is 4.